The summed E-state index contributed by atoms with van der Waals surface area (Å²) in [6, 6.07) is 0. The maximum absolute atomic E-state index is 9.01. The van der Waals surface area contributed by atoms with Crippen molar-refractivity contribution in [2.75, 3.05) is 0 Å². The van der Waals surface area contributed by atoms with E-state index in [2.05, 4.69) is 0 Å². The summed E-state index contributed by atoms with van der Waals surface area (Å²) in [6.45, 7) is 0. The van der Waals surface area contributed by atoms with Crippen molar-refractivity contribution < 1.29 is 10.2 Å². The maximum Gasteiger partial charge on any atom is 0.0721 e. The molecular weight excluding hydrogens is 116 g/mol. The van der Waals surface area contributed by atoms with Gasteiger partial charge < -0.3 is 10.2 Å². The topological polar surface area (TPSA) is 40.5 Å². The van der Waals surface area contributed by atoms with Gasteiger partial charge in [-0.3, -0.25) is 0 Å². The van der Waals surface area contributed by atoms with Crippen molar-refractivity contribution in [3.63, 3.8) is 0 Å². The van der Waals surface area contributed by atoms with Crippen LogP contribution in [0.2, 0.25) is 0 Å². The summed E-state index contributed by atoms with van der Waals surface area (Å²) in [5.41, 5.74) is 0. The predicted octanol–water partition coefficient (Wildman–Crippen LogP) is 0.448. The molecule has 2 heteroatoms. The van der Waals surface area contributed by atoms with E-state index in [1.165, 1.54) is 0 Å². The van der Waals surface area contributed by atoms with Crippen LogP contribution in [-0.2, 0) is 0 Å². The lowest BCUT2D eigenvalue weighted by Gasteiger charge is -1.99. The summed E-state index contributed by atoms with van der Waals surface area (Å²) in [5, 5.41) is 18.0. The molecule has 1 aliphatic carbocycles. The largest absolute Gasteiger partial charge is 0.389 e. The standard InChI is InChI=1S/C7H12O2/c8-6-2-1-3-7(9)5-4-6/h4-9H,1-3H2/t6-,7-/m0/s1. The Morgan fingerprint density at radius 3 is 1.89 bits per heavy atom. The van der Waals surface area contributed by atoms with E-state index in [0.29, 0.717) is 0 Å². The lowest BCUT2D eigenvalue weighted by molar-refractivity contribution is 0.197. The van der Waals surface area contributed by atoms with E-state index in [1.807, 2.05) is 0 Å². The zero-order chi connectivity index (χ0) is 6.69. The molecule has 0 aromatic rings. The van der Waals surface area contributed by atoms with E-state index in [9.17, 15) is 0 Å². The second kappa shape index (κ2) is 2.99. The molecule has 0 bridgehead atoms. The predicted molar refractivity (Wildman–Crippen MR) is 35.0 cm³/mol. The van der Waals surface area contributed by atoms with Crippen LogP contribution in [0.15, 0.2) is 12.2 Å². The smallest absolute Gasteiger partial charge is 0.0721 e. The molecule has 0 aliphatic heterocycles. The molecule has 2 N–H and O–H groups in total. The number of aliphatic hydroxyl groups excluding tert-OH is 2. The van der Waals surface area contributed by atoms with Gasteiger partial charge in [0.05, 0.1) is 12.2 Å². The first-order valence-electron chi connectivity index (χ1n) is 3.33. The summed E-state index contributed by atoms with van der Waals surface area (Å²) in [4.78, 5) is 0. The molecule has 0 saturated carbocycles. The van der Waals surface area contributed by atoms with Gasteiger partial charge in [-0.05, 0) is 19.3 Å². The first-order chi connectivity index (χ1) is 4.29. The fourth-order valence-electron chi connectivity index (χ4n) is 0.985. The molecule has 0 unspecified atom stereocenters. The summed E-state index contributed by atoms with van der Waals surface area (Å²) in [6.07, 6.45) is 5.15. The van der Waals surface area contributed by atoms with Gasteiger partial charge >= 0.3 is 0 Å². The van der Waals surface area contributed by atoms with Crippen LogP contribution in [0.5, 0.6) is 0 Å². The monoisotopic (exact) mass is 128 g/mol. The molecule has 0 spiro atoms. The Morgan fingerprint density at radius 1 is 1.00 bits per heavy atom. The normalized spacial score (nSPS) is 36.2. The molecular formula is C7H12O2. The van der Waals surface area contributed by atoms with Crippen LogP contribution in [0.1, 0.15) is 19.3 Å². The first kappa shape index (κ1) is 6.78. The van der Waals surface area contributed by atoms with Gasteiger partial charge in [0.2, 0.25) is 0 Å². The molecule has 0 saturated heterocycles. The zero-order valence-electron chi connectivity index (χ0n) is 5.33. The van der Waals surface area contributed by atoms with Gasteiger partial charge in [0.1, 0.15) is 0 Å². The van der Waals surface area contributed by atoms with Crippen molar-refractivity contribution in [2.24, 2.45) is 0 Å². The summed E-state index contributed by atoms with van der Waals surface area (Å²) in [5.74, 6) is 0. The van der Waals surface area contributed by atoms with E-state index in [1.54, 1.807) is 12.2 Å². The average Bonchev–Trinajstić information content (AvgIpc) is 1.97. The third kappa shape index (κ3) is 2.16. The minimum atomic E-state index is -0.331. The molecule has 9 heavy (non-hydrogen) atoms. The van der Waals surface area contributed by atoms with E-state index >= 15 is 0 Å². The Bertz CT molecular complexity index is 97.5. The molecule has 52 valence electrons. The molecule has 0 amide bonds. The Balaban J connectivity index is 2.43. The Kier molecular flexibility index (Phi) is 2.25. The quantitative estimate of drug-likeness (QED) is 0.465. The van der Waals surface area contributed by atoms with Crippen molar-refractivity contribution in [2.45, 2.75) is 31.5 Å². The van der Waals surface area contributed by atoms with Gasteiger partial charge in [-0.1, -0.05) is 12.2 Å². The van der Waals surface area contributed by atoms with Crippen molar-refractivity contribution in [1.82, 2.24) is 0 Å². The van der Waals surface area contributed by atoms with Gasteiger partial charge in [-0.15, -0.1) is 0 Å². The molecule has 0 aromatic heterocycles. The van der Waals surface area contributed by atoms with Gasteiger partial charge in [-0.2, -0.15) is 0 Å². The molecule has 2 atom stereocenters. The van der Waals surface area contributed by atoms with Crippen LogP contribution in [0.3, 0.4) is 0 Å². The third-order valence-electron chi connectivity index (χ3n) is 1.56. The second-order valence-corrected chi connectivity index (χ2v) is 2.45. The highest BCUT2D eigenvalue weighted by Crippen LogP contribution is 2.10. The highest BCUT2D eigenvalue weighted by Gasteiger charge is 2.07. The number of hydrogen-bond donors (Lipinski definition) is 2. The maximum atomic E-state index is 9.01. The third-order valence-corrected chi connectivity index (χ3v) is 1.56. The molecule has 0 aromatic carbocycles. The molecule has 0 fully saturated rings. The summed E-state index contributed by atoms with van der Waals surface area (Å²) < 4.78 is 0. The molecule has 1 rings (SSSR count). The van der Waals surface area contributed by atoms with Crippen LogP contribution < -0.4 is 0 Å². The highest BCUT2D eigenvalue weighted by molar-refractivity contribution is 4.96. The molecule has 2 nitrogen and oxygen atoms in total. The SMILES string of the molecule is O[C@@H]1C=C[C@@H](O)CCC1. The van der Waals surface area contributed by atoms with Crippen molar-refractivity contribution >= 4 is 0 Å². The minimum absolute atomic E-state index is 0.331. The minimum Gasteiger partial charge on any atom is -0.389 e. The Hall–Kier alpha value is -0.340. The Labute approximate surface area is 54.8 Å². The lowest BCUT2D eigenvalue weighted by Crippen LogP contribution is -1.98. The molecule has 0 heterocycles. The van der Waals surface area contributed by atoms with Crippen molar-refractivity contribution in [3.8, 4) is 0 Å². The summed E-state index contributed by atoms with van der Waals surface area (Å²) in [7, 11) is 0. The van der Waals surface area contributed by atoms with Gasteiger partial charge in [0.15, 0.2) is 0 Å². The number of hydrogen-bond acceptors (Lipinski definition) is 2. The van der Waals surface area contributed by atoms with E-state index in [0.717, 1.165) is 19.3 Å². The van der Waals surface area contributed by atoms with Crippen LogP contribution in [-0.4, -0.2) is 22.4 Å². The number of rotatable bonds is 0. The Morgan fingerprint density at radius 2 is 1.44 bits per heavy atom. The lowest BCUT2D eigenvalue weighted by atomic mass is 10.2. The van der Waals surface area contributed by atoms with Gasteiger partial charge in [0, 0.05) is 0 Å². The second-order valence-electron chi connectivity index (χ2n) is 2.45. The first-order valence-corrected chi connectivity index (χ1v) is 3.33. The van der Waals surface area contributed by atoms with Crippen LogP contribution in [0.25, 0.3) is 0 Å². The van der Waals surface area contributed by atoms with Gasteiger partial charge in [-0.25, -0.2) is 0 Å². The summed E-state index contributed by atoms with van der Waals surface area (Å²) >= 11 is 0. The molecule has 0 radical (unpaired) electrons. The highest BCUT2D eigenvalue weighted by atomic mass is 16.3. The molecule has 1 aliphatic rings. The average molecular weight is 128 g/mol. The van der Waals surface area contributed by atoms with Crippen molar-refractivity contribution in [3.05, 3.63) is 12.2 Å². The van der Waals surface area contributed by atoms with Crippen LogP contribution >= 0.6 is 0 Å². The number of aliphatic hydroxyl groups is 2. The zero-order valence-corrected chi connectivity index (χ0v) is 5.33. The van der Waals surface area contributed by atoms with Crippen LogP contribution in [0, 0.1) is 0 Å². The van der Waals surface area contributed by atoms with Gasteiger partial charge in [0.25, 0.3) is 0 Å². The fourth-order valence-corrected chi connectivity index (χ4v) is 0.985. The van der Waals surface area contributed by atoms with E-state index in [4.69, 9.17) is 10.2 Å². The fraction of sp³-hybridized carbons (Fsp3) is 0.714. The van der Waals surface area contributed by atoms with Crippen molar-refractivity contribution in [1.29, 1.82) is 0 Å². The van der Waals surface area contributed by atoms with Crippen LogP contribution in [0.4, 0.5) is 0 Å². The van der Waals surface area contributed by atoms with E-state index < -0.39 is 0 Å². The van der Waals surface area contributed by atoms with E-state index in [-0.39, 0.29) is 12.2 Å².